The molecule has 3 rings (SSSR count). The number of nitrogens with one attached hydrogen (secondary N) is 1. The standard InChI is InChI=1S/C27H30N2O5S/c1-4-29(5-2)35(32,33)25-18-23(16-15-20(25)3)28-26(30)19-34-27(31)24-14-10-9-13-22(24)17-21-11-7-6-8-12-21/h6-16,18H,4-5,17,19H2,1-3H3,(H,28,30). The fraction of sp³-hybridized carbons (Fsp3) is 0.259. The second kappa shape index (κ2) is 11.8. The number of sulfonamides is 1. The van der Waals surface area contributed by atoms with Crippen LogP contribution >= 0.6 is 0 Å². The maximum absolute atomic E-state index is 12.9. The van der Waals surface area contributed by atoms with Crippen LogP contribution in [-0.4, -0.2) is 44.3 Å². The van der Waals surface area contributed by atoms with Crippen molar-refractivity contribution in [2.75, 3.05) is 25.0 Å². The van der Waals surface area contributed by atoms with E-state index in [2.05, 4.69) is 5.32 Å². The van der Waals surface area contributed by atoms with Gasteiger partial charge in [0, 0.05) is 18.8 Å². The van der Waals surface area contributed by atoms with E-state index in [1.54, 1.807) is 45.0 Å². The zero-order chi connectivity index (χ0) is 25.4. The molecule has 1 amide bonds. The van der Waals surface area contributed by atoms with Gasteiger partial charge in [0.2, 0.25) is 10.0 Å². The number of anilines is 1. The molecular weight excluding hydrogens is 464 g/mol. The average Bonchev–Trinajstić information content (AvgIpc) is 2.85. The maximum atomic E-state index is 12.9. The van der Waals surface area contributed by atoms with Crippen LogP contribution in [0.15, 0.2) is 77.7 Å². The summed E-state index contributed by atoms with van der Waals surface area (Å²) in [5.41, 5.74) is 3.14. The number of ether oxygens (including phenoxy) is 1. The van der Waals surface area contributed by atoms with Crippen molar-refractivity contribution in [2.24, 2.45) is 0 Å². The first-order valence-corrected chi connectivity index (χ1v) is 12.9. The molecule has 0 aliphatic rings. The van der Waals surface area contributed by atoms with E-state index in [0.29, 0.717) is 36.3 Å². The maximum Gasteiger partial charge on any atom is 0.338 e. The number of hydrogen-bond acceptors (Lipinski definition) is 5. The van der Waals surface area contributed by atoms with Crippen LogP contribution in [-0.2, 0) is 26.0 Å². The number of rotatable bonds is 10. The Balaban J connectivity index is 1.67. The molecule has 0 aliphatic carbocycles. The van der Waals surface area contributed by atoms with Crippen LogP contribution in [0.1, 0.15) is 40.9 Å². The van der Waals surface area contributed by atoms with Crippen LogP contribution in [0.3, 0.4) is 0 Å². The van der Waals surface area contributed by atoms with E-state index in [1.165, 1.54) is 10.4 Å². The quantitative estimate of drug-likeness (QED) is 0.422. The smallest absolute Gasteiger partial charge is 0.338 e. The van der Waals surface area contributed by atoms with Crippen LogP contribution in [0.2, 0.25) is 0 Å². The Hall–Kier alpha value is -3.49. The second-order valence-electron chi connectivity index (χ2n) is 8.01. The van der Waals surface area contributed by atoms with E-state index < -0.39 is 28.5 Å². The minimum atomic E-state index is -3.69. The van der Waals surface area contributed by atoms with Crippen molar-refractivity contribution >= 4 is 27.6 Å². The third kappa shape index (κ3) is 6.55. The Morgan fingerprint density at radius 3 is 2.26 bits per heavy atom. The number of carbonyl (C=O) groups excluding carboxylic acids is 2. The SMILES string of the molecule is CCN(CC)S(=O)(=O)c1cc(NC(=O)COC(=O)c2ccccc2Cc2ccccc2)ccc1C. The molecule has 0 atom stereocenters. The molecule has 3 aromatic rings. The normalized spacial score (nSPS) is 11.3. The average molecular weight is 495 g/mol. The summed E-state index contributed by atoms with van der Waals surface area (Å²) in [6.45, 7) is 5.44. The third-order valence-corrected chi connectivity index (χ3v) is 7.80. The monoisotopic (exact) mass is 494 g/mol. The minimum absolute atomic E-state index is 0.130. The van der Waals surface area contributed by atoms with E-state index in [1.807, 2.05) is 42.5 Å². The highest BCUT2D eigenvalue weighted by molar-refractivity contribution is 7.89. The number of hydrogen-bond donors (Lipinski definition) is 1. The molecule has 0 spiro atoms. The lowest BCUT2D eigenvalue weighted by Gasteiger charge is -2.20. The summed E-state index contributed by atoms with van der Waals surface area (Å²) in [4.78, 5) is 25.3. The predicted molar refractivity (Wildman–Crippen MR) is 136 cm³/mol. The van der Waals surface area contributed by atoms with Crippen LogP contribution < -0.4 is 5.32 Å². The van der Waals surface area contributed by atoms with Gasteiger partial charge in [-0.2, -0.15) is 4.31 Å². The molecule has 0 aromatic heterocycles. The molecule has 0 saturated carbocycles. The van der Waals surface area contributed by atoms with Crippen LogP contribution in [0.25, 0.3) is 0 Å². The summed E-state index contributed by atoms with van der Waals surface area (Å²) in [5.74, 6) is -1.16. The Morgan fingerprint density at radius 1 is 0.914 bits per heavy atom. The Bertz CT molecular complexity index is 1290. The molecular formula is C27H30N2O5S. The van der Waals surface area contributed by atoms with Crippen LogP contribution in [0.5, 0.6) is 0 Å². The molecule has 0 unspecified atom stereocenters. The fourth-order valence-electron chi connectivity index (χ4n) is 3.75. The molecule has 0 saturated heterocycles. The molecule has 0 aliphatic heterocycles. The van der Waals surface area contributed by atoms with Crippen molar-refractivity contribution in [1.82, 2.24) is 4.31 Å². The summed E-state index contributed by atoms with van der Waals surface area (Å²) in [6, 6.07) is 21.6. The fourth-order valence-corrected chi connectivity index (χ4v) is 5.46. The van der Waals surface area contributed by atoms with Gasteiger partial charge in [0.1, 0.15) is 0 Å². The molecule has 35 heavy (non-hydrogen) atoms. The molecule has 8 heteroatoms. The van der Waals surface area contributed by atoms with Gasteiger partial charge in [0.25, 0.3) is 5.91 Å². The van der Waals surface area contributed by atoms with Gasteiger partial charge in [0.15, 0.2) is 6.61 Å². The van der Waals surface area contributed by atoms with E-state index >= 15 is 0 Å². The third-order valence-electron chi connectivity index (χ3n) is 5.60. The zero-order valence-electron chi connectivity index (χ0n) is 20.2. The molecule has 184 valence electrons. The van der Waals surface area contributed by atoms with Crippen molar-refractivity contribution in [1.29, 1.82) is 0 Å². The number of amides is 1. The lowest BCUT2D eigenvalue weighted by molar-refractivity contribution is -0.119. The number of esters is 1. The molecule has 1 N–H and O–H groups in total. The van der Waals surface area contributed by atoms with Gasteiger partial charge in [-0.1, -0.05) is 68.4 Å². The molecule has 0 heterocycles. The first-order chi connectivity index (χ1) is 16.8. The van der Waals surface area contributed by atoms with Gasteiger partial charge in [-0.05, 0) is 48.2 Å². The highest BCUT2D eigenvalue weighted by Crippen LogP contribution is 2.24. The van der Waals surface area contributed by atoms with Gasteiger partial charge in [-0.3, -0.25) is 4.79 Å². The second-order valence-corrected chi connectivity index (χ2v) is 9.92. The summed E-state index contributed by atoms with van der Waals surface area (Å²) in [5, 5.41) is 2.62. The minimum Gasteiger partial charge on any atom is -0.452 e. The van der Waals surface area contributed by atoms with Crippen molar-refractivity contribution in [3.63, 3.8) is 0 Å². The molecule has 7 nitrogen and oxygen atoms in total. The van der Waals surface area contributed by atoms with Gasteiger partial charge in [-0.25, -0.2) is 13.2 Å². The molecule has 0 radical (unpaired) electrons. The number of nitrogens with zero attached hydrogens (tertiary/aromatic N) is 1. The van der Waals surface area contributed by atoms with Gasteiger partial charge in [0.05, 0.1) is 10.5 Å². The molecule has 0 fully saturated rings. The summed E-state index contributed by atoms with van der Waals surface area (Å²) < 4.78 is 32.5. The Morgan fingerprint density at radius 2 is 1.57 bits per heavy atom. The summed E-state index contributed by atoms with van der Waals surface area (Å²) in [7, 11) is -3.69. The number of aryl methyl sites for hydroxylation is 1. The first kappa shape index (κ1) is 26.1. The van der Waals surface area contributed by atoms with E-state index in [-0.39, 0.29) is 4.90 Å². The number of carbonyl (C=O) groups is 2. The van der Waals surface area contributed by atoms with Gasteiger partial charge >= 0.3 is 5.97 Å². The lowest BCUT2D eigenvalue weighted by Crippen LogP contribution is -2.31. The Kier molecular flexibility index (Phi) is 8.78. The topological polar surface area (TPSA) is 92.8 Å². The first-order valence-electron chi connectivity index (χ1n) is 11.5. The zero-order valence-corrected chi connectivity index (χ0v) is 21.0. The van der Waals surface area contributed by atoms with Crippen LogP contribution in [0, 0.1) is 6.92 Å². The van der Waals surface area contributed by atoms with Crippen molar-refractivity contribution in [2.45, 2.75) is 32.1 Å². The highest BCUT2D eigenvalue weighted by atomic mass is 32.2. The summed E-state index contributed by atoms with van der Waals surface area (Å²) >= 11 is 0. The van der Waals surface area contributed by atoms with Gasteiger partial charge < -0.3 is 10.1 Å². The van der Waals surface area contributed by atoms with Gasteiger partial charge in [-0.15, -0.1) is 0 Å². The summed E-state index contributed by atoms with van der Waals surface area (Å²) in [6.07, 6.45) is 0.561. The van der Waals surface area contributed by atoms with Crippen molar-refractivity contribution in [3.05, 3.63) is 95.1 Å². The van der Waals surface area contributed by atoms with E-state index in [4.69, 9.17) is 4.74 Å². The highest BCUT2D eigenvalue weighted by Gasteiger charge is 2.24. The molecule has 0 bridgehead atoms. The predicted octanol–water partition coefficient (Wildman–Crippen LogP) is 4.41. The van der Waals surface area contributed by atoms with E-state index in [0.717, 1.165) is 11.1 Å². The lowest BCUT2D eigenvalue weighted by atomic mass is 10.00. The van der Waals surface area contributed by atoms with Crippen LogP contribution in [0.4, 0.5) is 5.69 Å². The Labute approximate surface area is 206 Å². The van der Waals surface area contributed by atoms with Crippen molar-refractivity contribution < 1.29 is 22.7 Å². The molecule has 3 aromatic carbocycles. The van der Waals surface area contributed by atoms with E-state index in [9.17, 15) is 18.0 Å². The largest absolute Gasteiger partial charge is 0.452 e. The van der Waals surface area contributed by atoms with Crippen molar-refractivity contribution in [3.8, 4) is 0 Å². The number of benzene rings is 3.